The van der Waals surface area contributed by atoms with E-state index in [-0.39, 0.29) is 38.6 Å². The van der Waals surface area contributed by atoms with E-state index in [1.807, 2.05) is 67.6 Å². The smallest absolute Gasteiger partial charge is 0.330 e. The van der Waals surface area contributed by atoms with Crippen LogP contribution in [0.15, 0.2) is 135 Å². The fourth-order valence-corrected chi connectivity index (χ4v) is 7.33. The first-order chi connectivity index (χ1) is 27.1. The summed E-state index contributed by atoms with van der Waals surface area (Å²) >= 11 is 0. The summed E-state index contributed by atoms with van der Waals surface area (Å²) in [6.45, 7) is 8.92. The molecule has 0 radical (unpaired) electrons. The third-order valence-corrected chi connectivity index (χ3v) is 10.1. The fraction of sp³-hybridized carbons (Fsp3) is 0.261. The van der Waals surface area contributed by atoms with E-state index >= 15 is 0 Å². The molecule has 1 N–H and O–H groups in total. The van der Waals surface area contributed by atoms with Gasteiger partial charge in [0.1, 0.15) is 24.7 Å². The van der Waals surface area contributed by atoms with Gasteiger partial charge in [0.2, 0.25) is 0 Å². The number of hydrogen-bond acceptors (Lipinski definition) is 9. The highest BCUT2D eigenvalue weighted by Gasteiger charge is 2.46. The second-order valence-electron chi connectivity index (χ2n) is 13.8. The van der Waals surface area contributed by atoms with Crippen molar-refractivity contribution in [3.63, 3.8) is 0 Å². The van der Waals surface area contributed by atoms with Crippen LogP contribution in [0.2, 0.25) is 0 Å². The van der Waals surface area contributed by atoms with E-state index < -0.39 is 47.2 Å². The average Bonchev–Trinajstić information content (AvgIpc) is 3.54. The van der Waals surface area contributed by atoms with Crippen LogP contribution in [0, 0.1) is 17.8 Å². The number of aliphatic carboxylic acids is 1. The van der Waals surface area contributed by atoms with Gasteiger partial charge in [0, 0.05) is 18.1 Å². The lowest BCUT2D eigenvalue weighted by Gasteiger charge is -2.34. The number of carboxylic acid groups (broad SMARTS) is 1. The van der Waals surface area contributed by atoms with Gasteiger partial charge in [-0.15, -0.1) is 0 Å². The van der Waals surface area contributed by atoms with Crippen LogP contribution >= 0.6 is 0 Å². The molecule has 0 aromatic heterocycles. The van der Waals surface area contributed by atoms with Crippen molar-refractivity contribution in [1.82, 2.24) is 0 Å². The minimum Gasteiger partial charge on any atom is -0.493 e. The Balaban J connectivity index is 1.25. The van der Waals surface area contributed by atoms with Crippen molar-refractivity contribution in [1.29, 1.82) is 0 Å². The SMILES string of the molecule is C=CC(=O)OCC(C)COc1ccc(C2(c3ccc(OCC(COC(=O)C=C)OC(=O)C4CC=CCC4C(=O)O)cc3)c3ccccc3-c3ccccc32)cc1. The van der Waals surface area contributed by atoms with E-state index in [4.69, 9.17) is 23.7 Å². The third kappa shape index (κ3) is 8.44. The van der Waals surface area contributed by atoms with Gasteiger partial charge in [-0.05, 0) is 70.5 Å². The van der Waals surface area contributed by atoms with Crippen LogP contribution < -0.4 is 9.47 Å². The van der Waals surface area contributed by atoms with Gasteiger partial charge in [0.05, 0.1) is 30.5 Å². The second kappa shape index (κ2) is 17.8. The van der Waals surface area contributed by atoms with E-state index in [0.29, 0.717) is 18.1 Å². The molecule has 0 amide bonds. The van der Waals surface area contributed by atoms with Crippen LogP contribution in [0.1, 0.15) is 42.0 Å². The Bertz CT molecular complexity index is 2050. The molecule has 4 aromatic carbocycles. The highest BCUT2D eigenvalue weighted by molar-refractivity contribution is 5.86. The third-order valence-electron chi connectivity index (χ3n) is 10.1. The molecule has 0 heterocycles. The summed E-state index contributed by atoms with van der Waals surface area (Å²) in [5.74, 6) is -3.58. The number of carbonyl (C=O) groups excluding carboxylic acids is 3. The van der Waals surface area contributed by atoms with E-state index in [9.17, 15) is 24.3 Å². The van der Waals surface area contributed by atoms with Crippen LogP contribution in [-0.2, 0) is 38.8 Å². The van der Waals surface area contributed by atoms with Gasteiger partial charge in [-0.3, -0.25) is 9.59 Å². The number of fused-ring (bicyclic) bond motifs is 3. The van der Waals surface area contributed by atoms with Crippen LogP contribution in [-0.4, -0.2) is 61.5 Å². The molecule has 4 atom stereocenters. The molecule has 10 nitrogen and oxygen atoms in total. The van der Waals surface area contributed by atoms with Gasteiger partial charge in [-0.1, -0.05) is 105 Å². The molecule has 4 aromatic rings. The lowest BCUT2D eigenvalue weighted by Crippen LogP contribution is -2.37. The van der Waals surface area contributed by atoms with Gasteiger partial charge in [-0.25, -0.2) is 9.59 Å². The summed E-state index contributed by atoms with van der Waals surface area (Å²) in [4.78, 5) is 48.4. The highest BCUT2D eigenvalue weighted by Crippen LogP contribution is 2.56. The Kier molecular flexibility index (Phi) is 12.5. The van der Waals surface area contributed by atoms with Crippen molar-refractivity contribution in [2.24, 2.45) is 17.8 Å². The molecular weight excluding hydrogens is 712 g/mol. The quantitative estimate of drug-likeness (QED) is 0.0441. The number of allylic oxidation sites excluding steroid dienone is 2. The molecule has 0 fully saturated rings. The maximum absolute atomic E-state index is 13.2. The van der Waals surface area contributed by atoms with Crippen molar-refractivity contribution < 1.29 is 48.0 Å². The van der Waals surface area contributed by atoms with E-state index in [1.165, 1.54) is 0 Å². The molecule has 6 rings (SSSR count). The second-order valence-corrected chi connectivity index (χ2v) is 13.8. The number of rotatable bonds is 17. The summed E-state index contributed by atoms with van der Waals surface area (Å²) in [7, 11) is 0. The highest BCUT2D eigenvalue weighted by atomic mass is 16.6. The van der Waals surface area contributed by atoms with Gasteiger partial charge in [-0.2, -0.15) is 0 Å². The molecule has 0 aliphatic heterocycles. The number of esters is 3. The molecular formula is C46H44O10. The molecule has 0 spiro atoms. The van der Waals surface area contributed by atoms with Crippen molar-refractivity contribution in [2.45, 2.75) is 31.3 Å². The summed E-state index contributed by atoms with van der Waals surface area (Å²) in [5, 5.41) is 9.67. The van der Waals surface area contributed by atoms with Gasteiger partial charge < -0.3 is 28.8 Å². The largest absolute Gasteiger partial charge is 0.493 e. The molecule has 2 aliphatic carbocycles. The average molecular weight is 757 g/mol. The van der Waals surface area contributed by atoms with Gasteiger partial charge >= 0.3 is 23.9 Å². The van der Waals surface area contributed by atoms with Crippen LogP contribution in [0.4, 0.5) is 0 Å². The molecule has 4 unspecified atom stereocenters. The Morgan fingerprint density at radius 2 is 1.16 bits per heavy atom. The van der Waals surface area contributed by atoms with Crippen molar-refractivity contribution >= 4 is 23.9 Å². The topological polar surface area (TPSA) is 135 Å². The first-order valence-electron chi connectivity index (χ1n) is 18.5. The lowest BCUT2D eigenvalue weighted by molar-refractivity contribution is -0.167. The fourth-order valence-electron chi connectivity index (χ4n) is 7.33. The Hall–Kier alpha value is -6.42. The number of ether oxygens (including phenoxy) is 5. The molecule has 0 saturated heterocycles. The summed E-state index contributed by atoms with van der Waals surface area (Å²) in [6.07, 6.45) is 5.10. The molecule has 56 heavy (non-hydrogen) atoms. The first kappa shape index (κ1) is 39.3. The summed E-state index contributed by atoms with van der Waals surface area (Å²) in [6, 6.07) is 32.5. The van der Waals surface area contributed by atoms with Crippen LogP contribution in [0.25, 0.3) is 11.1 Å². The maximum atomic E-state index is 13.2. The van der Waals surface area contributed by atoms with Gasteiger partial charge in [0.15, 0.2) is 6.10 Å². The Labute approximate surface area is 326 Å². The number of hydrogen-bond donors (Lipinski definition) is 1. The van der Waals surface area contributed by atoms with Crippen LogP contribution in [0.5, 0.6) is 11.5 Å². The van der Waals surface area contributed by atoms with Gasteiger partial charge in [0.25, 0.3) is 0 Å². The first-order valence-corrected chi connectivity index (χ1v) is 18.5. The van der Waals surface area contributed by atoms with E-state index in [0.717, 1.165) is 45.5 Å². The minimum absolute atomic E-state index is 0.0256. The zero-order valence-corrected chi connectivity index (χ0v) is 31.1. The van der Waals surface area contributed by atoms with Crippen molar-refractivity contribution in [2.75, 3.05) is 26.4 Å². The van der Waals surface area contributed by atoms with Crippen LogP contribution in [0.3, 0.4) is 0 Å². The lowest BCUT2D eigenvalue weighted by atomic mass is 9.68. The normalized spacial score (nSPS) is 17.2. The van der Waals surface area contributed by atoms with E-state index in [1.54, 1.807) is 12.2 Å². The van der Waals surface area contributed by atoms with Crippen molar-refractivity contribution in [3.05, 3.63) is 157 Å². The van der Waals surface area contributed by atoms with Crippen molar-refractivity contribution in [3.8, 4) is 22.6 Å². The number of carboxylic acids is 1. The molecule has 288 valence electrons. The zero-order valence-electron chi connectivity index (χ0n) is 31.1. The summed E-state index contributed by atoms with van der Waals surface area (Å²) < 4.78 is 28.3. The molecule has 10 heteroatoms. The van der Waals surface area contributed by atoms with E-state index in [2.05, 4.69) is 49.6 Å². The monoisotopic (exact) mass is 756 g/mol. The number of benzene rings is 4. The molecule has 0 bridgehead atoms. The standard InChI is InChI=1S/C46H44O10/c1-4-42(47)54-27-30(3)26-52-33-22-18-31(19-23-33)46(40-16-10-8-12-36(40)37-13-9-11-17-41(37)46)32-20-24-34(25-21-32)53-28-35(29-55-43(48)5-2)56-45(51)39-15-7-6-14-38(39)44(49)50/h4-13,16-25,30,35,38-39H,1-2,14-15,26-29H2,3H3,(H,49,50). The zero-order chi connectivity index (χ0) is 39.7. The predicted molar refractivity (Wildman–Crippen MR) is 209 cm³/mol. The predicted octanol–water partition coefficient (Wildman–Crippen LogP) is 7.48. The molecule has 0 saturated carbocycles. The Morgan fingerprint density at radius 1 is 0.679 bits per heavy atom. The maximum Gasteiger partial charge on any atom is 0.330 e. The minimum atomic E-state index is -1.08. The number of carbonyl (C=O) groups is 4. The Morgan fingerprint density at radius 3 is 1.68 bits per heavy atom. The molecule has 2 aliphatic rings. The summed E-state index contributed by atoms with van der Waals surface area (Å²) in [5.41, 5.74) is 5.82.